The molecule has 0 spiro atoms. The minimum absolute atomic E-state index is 0.0885. The maximum atomic E-state index is 12.2. The van der Waals surface area contributed by atoms with Crippen molar-refractivity contribution in [3.63, 3.8) is 0 Å². The van der Waals surface area contributed by atoms with Gasteiger partial charge in [0.05, 0.1) is 11.6 Å². The normalized spacial score (nSPS) is 18.6. The summed E-state index contributed by atoms with van der Waals surface area (Å²) in [4.78, 5) is 15.5. The first kappa shape index (κ1) is 16.0. The highest BCUT2D eigenvalue weighted by Gasteiger charge is 2.27. The Morgan fingerprint density at radius 2 is 2.35 bits per heavy atom. The molecule has 1 aliphatic heterocycles. The Kier molecular flexibility index (Phi) is 4.96. The van der Waals surface area contributed by atoms with Crippen molar-refractivity contribution in [3.05, 3.63) is 39.4 Å². The van der Waals surface area contributed by atoms with Crippen LogP contribution in [0.5, 0.6) is 0 Å². The van der Waals surface area contributed by atoms with Crippen LogP contribution in [0.25, 0.3) is 0 Å². The Balaban J connectivity index is 1.53. The Bertz CT molecular complexity index is 704. The van der Waals surface area contributed by atoms with E-state index in [0.717, 1.165) is 29.4 Å². The Morgan fingerprint density at radius 1 is 1.48 bits per heavy atom. The number of nitrogens with zero attached hydrogens (tertiary/aromatic N) is 2. The van der Waals surface area contributed by atoms with Gasteiger partial charge in [-0.2, -0.15) is 5.26 Å². The van der Waals surface area contributed by atoms with Crippen molar-refractivity contribution >= 4 is 33.6 Å². The highest BCUT2D eigenvalue weighted by molar-refractivity contribution is 7.14. The molecule has 23 heavy (non-hydrogen) atoms. The summed E-state index contributed by atoms with van der Waals surface area (Å²) < 4.78 is 0. The standard InChI is InChI=1S/C16H18N4OS2/c17-9-11-4-7-23-16(11)20-5-3-12(10-20)19-15(21)14(18)8-13-2-1-6-22-13/h1-2,4,6-7,12,14H,3,5,8,10,18H2,(H,19,21)/t12-,14-/m0/s1. The van der Waals surface area contributed by atoms with Crippen LogP contribution in [0, 0.1) is 11.3 Å². The van der Waals surface area contributed by atoms with Gasteiger partial charge in [-0.25, -0.2) is 0 Å². The van der Waals surface area contributed by atoms with Crippen LogP contribution in [0.3, 0.4) is 0 Å². The summed E-state index contributed by atoms with van der Waals surface area (Å²) >= 11 is 3.19. The molecule has 3 N–H and O–H groups in total. The molecule has 3 rings (SSSR count). The number of amides is 1. The number of thiophene rings is 2. The molecule has 0 radical (unpaired) electrons. The fourth-order valence-corrected chi connectivity index (χ4v) is 4.39. The summed E-state index contributed by atoms with van der Waals surface area (Å²) in [7, 11) is 0. The summed E-state index contributed by atoms with van der Waals surface area (Å²) in [5.41, 5.74) is 6.71. The van der Waals surface area contributed by atoms with Gasteiger partial charge in [-0.05, 0) is 29.3 Å². The van der Waals surface area contributed by atoms with Crippen LogP contribution in [-0.4, -0.2) is 31.1 Å². The van der Waals surface area contributed by atoms with Gasteiger partial charge < -0.3 is 16.0 Å². The van der Waals surface area contributed by atoms with Crippen molar-refractivity contribution in [2.45, 2.75) is 24.9 Å². The third-order valence-electron chi connectivity index (χ3n) is 3.93. The third kappa shape index (κ3) is 3.72. The van der Waals surface area contributed by atoms with E-state index in [2.05, 4.69) is 16.3 Å². The molecule has 2 atom stereocenters. The summed E-state index contributed by atoms with van der Waals surface area (Å²) in [6.07, 6.45) is 1.45. The zero-order chi connectivity index (χ0) is 16.2. The van der Waals surface area contributed by atoms with Gasteiger partial charge in [0.25, 0.3) is 0 Å². The highest BCUT2D eigenvalue weighted by Crippen LogP contribution is 2.30. The van der Waals surface area contributed by atoms with Crippen LogP contribution in [0.4, 0.5) is 5.00 Å². The molecule has 3 heterocycles. The van der Waals surface area contributed by atoms with E-state index in [0.29, 0.717) is 12.0 Å². The maximum Gasteiger partial charge on any atom is 0.237 e. The number of hydrogen-bond acceptors (Lipinski definition) is 6. The van der Waals surface area contributed by atoms with E-state index in [1.54, 1.807) is 22.7 Å². The molecule has 1 amide bonds. The molecule has 0 aliphatic carbocycles. The predicted molar refractivity (Wildman–Crippen MR) is 93.8 cm³/mol. The number of rotatable bonds is 5. The van der Waals surface area contributed by atoms with Crippen LogP contribution >= 0.6 is 22.7 Å². The van der Waals surface area contributed by atoms with Crippen molar-refractivity contribution < 1.29 is 4.79 Å². The summed E-state index contributed by atoms with van der Waals surface area (Å²) in [5.74, 6) is -0.100. The van der Waals surface area contributed by atoms with Gasteiger partial charge in [0.1, 0.15) is 11.1 Å². The number of nitrogens with one attached hydrogen (secondary N) is 1. The lowest BCUT2D eigenvalue weighted by molar-refractivity contribution is -0.122. The van der Waals surface area contributed by atoms with Crippen LogP contribution in [0.2, 0.25) is 0 Å². The summed E-state index contributed by atoms with van der Waals surface area (Å²) in [6, 6.07) is 7.58. The summed E-state index contributed by atoms with van der Waals surface area (Å²) in [5, 5.41) is 17.1. The molecule has 0 saturated carbocycles. The minimum atomic E-state index is -0.515. The first-order chi connectivity index (χ1) is 11.2. The van der Waals surface area contributed by atoms with Crippen molar-refractivity contribution in [1.82, 2.24) is 5.32 Å². The predicted octanol–water partition coefficient (Wildman–Crippen LogP) is 1.95. The van der Waals surface area contributed by atoms with Gasteiger partial charge >= 0.3 is 0 Å². The van der Waals surface area contributed by atoms with E-state index in [1.165, 1.54) is 0 Å². The fourth-order valence-electron chi connectivity index (χ4n) is 2.74. The lowest BCUT2D eigenvalue weighted by Crippen LogP contribution is -2.47. The molecule has 0 aromatic carbocycles. The first-order valence-electron chi connectivity index (χ1n) is 7.48. The monoisotopic (exact) mass is 346 g/mol. The second-order valence-electron chi connectivity index (χ2n) is 5.58. The summed E-state index contributed by atoms with van der Waals surface area (Å²) in [6.45, 7) is 1.58. The number of hydrogen-bond donors (Lipinski definition) is 2. The lowest BCUT2D eigenvalue weighted by atomic mass is 10.1. The van der Waals surface area contributed by atoms with Gasteiger partial charge in [0, 0.05) is 30.4 Å². The molecule has 0 unspecified atom stereocenters. The number of carbonyl (C=O) groups excluding carboxylic acids is 1. The van der Waals surface area contributed by atoms with E-state index >= 15 is 0 Å². The first-order valence-corrected chi connectivity index (χ1v) is 9.24. The van der Waals surface area contributed by atoms with Gasteiger partial charge in [-0.15, -0.1) is 22.7 Å². The molecule has 1 fully saturated rings. The fraction of sp³-hybridized carbons (Fsp3) is 0.375. The SMILES string of the molecule is N#Cc1ccsc1N1CC[C@H](NC(=O)[C@@H](N)Cc2cccs2)C1. The van der Waals surface area contributed by atoms with E-state index in [-0.39, 0.29) is 11.9 Å². The van der Waals surface area contributed by atoms with E-state index in [1.807, 2.05) is 29.0 Å². The Labute approximate surface area is 143 Å². The zero-order valence-electron chi connectivity index (χ0n) is 12.6. The Hall–Kier alpha value is -1.88. The van der Waals surface area contributed by atoms with E-state index in [9.17, 15) is 4.79 Å². The van der Waals surface area contributed by atoms with Crippen molar-refractivity contribution in [2.75, 3.05) is 18.0 Å². The topological polar surface area (TPSA) is 82.2 Å². The smallest absolute Gasteiger partial charge is 0.237 e. The number of carbonyl (C=O) groups is 1. The van der Waals surface area contributed by atoms with E-state index < -0.39 is 6.04 Å². The van der Waals surface area contributed by atoms with Crippen molar-refractivity contribution in [2.24, 2.45) is 5.73 Å². The highest BCUT2D eigenvalue weighted by atomic mass is 32.1. The van der Waals surface area contributed by atoms with Crippen LogP contribution in [-0.2, 0) is 11.2 Å². The molecular formula is C16H18N4OS2. The van der Waals surface area contributed by atoms with Crippen molar-refractivity contribution in [3.8, 4) is 6.07 Å². The van der Waals surface area contributed by atoms with Crippen LogP contribution in [0.15, 0.2) is 29.0 Å². The average molecular weight is 346 g/mol. The zero-order valence-corrected chi connectivity index (χ0v) is 14.2. The van der Waals surface area contributed by atoms with E-state index in [4.69, 9.17) is 11.0 Å². The van der Waals surface area contributed by atoms with Gasteiger partial charge in [0.2, 0.25) is 5.91 Å². The molecule has 1 saturated heterocycles. The number of anilines is 1. The van der Waals surface area contributed by atoms with Gasteiger partial charge in [-0.3, -0.25) is 4.79 Å². The lowest BCUT2D eigenvalue weighted by Gasteiger charge is -2.19. The molecule has 1 aliphatic rings. The van der Waals surface area contributed by atoms with Crippen LogP contribution in [0.1, 0.15) is 16.9 Å². The second kappa shape index (κ2) is 7.13. The van der Waals surface area contributed by atoms with Crippen LogP contribution < -0.4 is 16.0 Å². The molecule has 0 bridgehead atoms. The molecular weight excluding hydrogens is 328 g/mol. The quantitative estimate of drug-likeness (QED) is 0.867. The molecule has 5 nitrogen and oxygen atoms in total. The number of nitriles is 1. The molecule has 7 heteroatoms. The number of nitrogens with two attached hydrogens (primary N) is 1. The third-order valence-corrected chi connectivity index (χ3v) is 5.80. The maximum absolute atomic E-state index is 12.2. The molecule has 2 aromatic rings. The molecule has 2 aromatic heterocycles. The van der Waals surface area contributed by atoms with Gasteiger partial charge in [-0.1, -0.05) is 6.07 Å². The average Bonchev–Trinajstić information content (AvgIpc) is 3.27. The molecule has 120 valence electrons. The Morgan fingerprint density at radius 3 is 3.09 bits per heavy atom. The van der Waals surface area contributed by atoms with Gasteiger partial charge in [0.15, 0.2) is 0 Å². The second-order valence-corrected chi connectivity index (χ2v) is 7.51. The minimum Gasteiger partial charge on any atom is -0.360 e. The van der Waals surface area contributed by atoms with Crippen molar-refractivity contribution in [1.29, 1.82) is 5.26 Å². The largest absolute Gasteiger partial charge is 0.360 e.